The third kappa shape index (κ3) is 6.84. The van der Waals surface area contributed by atoms with Crippen molar-refractivity contribution in [1.29, 1.82) is 0 Å². The van der Waals surface area contributed by atoms with Crippen LogP contribution in [0.25, 0.3) is 31.8 Å². The van der Waals surface area contributed by atoms with Gasteiger partial charge in [-0.3, -0.25) is 9.00 Å². The van der Waals surface area contributed by atoms with Crippen LogP contribution >= 0.6 is 22.7 Å². The average Bonchev–Trinajstić information content (AvgIpc) is 3.54. The van der Waals surface area contributed by atoms with Gasteiger partial charge in [0.1, 0.15) is 15.8 Å². The maximum absolute atomic E-state index is 13.0. The Balaban J connectivity index is 1.62. The number of ether oxygens (including phenoxy) is 1. The first-order valence-corrected chi connectivity index (χ1v) is 15.4. The highest BCUT2D eigenvalue weighted by molar-refractivity contribution is 7.87. The molecule has 0 aliphatic carbocycles. The maximum atomic E-state index is 13.0. The van der Waals surface area contributed by atoms with Gasteiger partial charge < -0.3 is 15.4 Å². The molecule has 2 heterocycles. The number of hydrogen-bond acceptors (Lipinski definition) is 8. The number of anilines is 1. The van der Waals surface area contributed by atoms with E-state index >= 15 is 0 Å². The van der Waals surface area contributed by atoms with Gasteiger partial charge in [-0.25, -0.2) is 4.98 Å². The second-order valence-corrected chi connectivity index (χ2v) is 12.9. The molecule has 37 heavy (non-hydrogen) atoms. The van der Waals surface area contributed by atoms with E-state index in [-0.39, 0.29) is 12.6 Å². The average molecular weight is 556 g/mol. The Bertz CT molecular complexity index is 1360. The maximum Gasteiger partial charge on any atom is 0.306 e. The minimum atomic E-state index is -1.12. The molecule has 1 unspecified atom stereocenters. The number of thiophene rings is 1. The Morgan fingerprint density at radius 3 is 2.59 bits per heavy atom. The van der Waals surface area contributed by atoms with E-state index in [2.05, 4.69) is 28.9 Å². The molecule has 0 spiro atoms. The Labute approximate surface area is 228 Å². The molecule has 0 amide bonds. The van der Waals surface area contributed by atoms with Gasteiger partial charge in [-0.2, -0.15) is 0 Å². The summed E-state index contributed by atoms with van der Waals surface area (Å²) in [7, 11) is 2.86. The van der Waals surface area contributed by atoms with E-state index in [0.717, 1.165) is 67.4 Å². The predicted molar refractivity (Wildman–Crippen MR) is 157 cm³/mol. The van der Waals surface area contributed by atoms with Crippen molar-refractivity contribution in [2.45, 2.75) is 43.4 Å². The van der Waals surface area contributed by atoms with Gasteiger partial charge in [0.15, 0.2) is 0 Å². The number of fused-ring (bicyclic) bond motifs is 1. The van der Waals surface area contributed by atoms with Gasteiger partial charge in [0.2, 0.25) is 0 Å². The molecule has 4 aromatic rings. The number of esters is 1. The Morgan fingerprint density at radius 2 is 1.92 bits per heavy atom. The lowest BCUT2D eigenvalue weighted by Crippen LogP contribution is -2.15. The molecule has 1 atom stereocenters. The zero-order valence-electron chi connectivity index (χ0n) is 21.5. The predicted octanol–water partition coefficient (Wildman–Crippen LogP) is 6.57. The molecular formula is C28H33N3O3S3. The summed E-state index contributed by atoms with van der Waals surface area (Å²) in [5.41, 5.74) is 11.2. The molecule has 2 N–H and O–H groups in total. The fourth-order valence-corrected chi connectivity index (χ4v) is 7.56. The minimum Gasteiger partial charge on any atom is -0.461 e. The summed E-state index contributed by atoms with van der Waals surface area (Å²) in [5.74, 6) is 0.434. The summed E-state index contributed by atoms with van der Waals surface area (Å²) in [4.78, 5) is 18.6. The largest absolute Gasteiger partial charge is 0.461 e. The zero-order valence-corrected chi connectivity index (χ0v) is 23.9. The quantitative estimate of drug-likeness (QED) is 0.199. The first-order valence-electron chi connectivity index (χ1n) is 12.4. The standard InChI is InChI=1S/C28H33N3O3S3/c1-4-5-15-37(33)28-26(29)25-22(16-21(17-23(25)36-28)27-30-12-14-35-27)20-10-8-19(9-11-20)18-34-24(32)7-6-13-31(2)3/h8-12,14,16-17H,4-7,13,15,18,29H2,1-3H3. The van der Waals surface area contributed by atoms with Crippen molar-refractivity contribution in [1.82, 2.24) is 9.88 Å². The van der Waals surface area contributed by atoms with Gasteiger partial charge in [0, 0.05) is 39.4 Å². The summed E-state index contributed by atoms with van der Waals surface area (Å²) in [6.07, 6.45) is 4.89. The molecular weight excluding hydrogens is 523 g/mol. The first-order chi connectivity index (χ1) is 17.9. The number of unbranched alkanes of at least 4 members (excludes halogenated alkanes) is 1. The lowest BCUT2D eigenvalue weighted by molar-refractivity contribution is -0.145. The summed E-state index contributed by atoms with van der Waals surface area (Å²) in [6, 6.07) is 12.2. The van der Waals surface area contributed by atoms with E-state index in [4.69, 9.17) is 10.5 Å². The number of rotatable bonds is 12. The topological polar surface area (TPSA) is 85.5 Å². The van der Waals surface area contributed by atoms with Crippen molar-refractivity contribution in [3.8, 4) is 21.7 Å². The number of benzene rings is 2. The monoisotopic (exact) mass is 555 g/mol. The molecule has 0 fully saturated rings. The van der Waals surface area contributed by atoms with Crippen molar-refractivity contribution in [2.75, 3.05) is 32.1 Å². The molecule has 2 aromatic carbocycles. The molecule has 0 aliphatic rings. The second-order valence-electron chi connectivity index (χ2n) is 9.21. The van der Waals surface area contributed by atoms with E-state index in [1.54, 1.807) is 17.5 Å². The van der Waals surface area contributed by atoms with Gasteiger partial charge >= 0.3 is 5.97 Å². The third-order valence-corrected chi connectivity index (χ3v) is 9.88. The van der Waals surface area contributed by atoms with Crippen LogP contribution < -0.4 is 5.73 Å². The van der Waals surface area contributed by atoms with Crippen LogP contribution in [0.1, 0.15) is 38.2 Å². The van der Waals surface area contributed by atoms with Gasteiger partial charge in [0.25, 0.3) is 0 Å². The highest BCUT2D eigenvalue weighted by atomic mass is 32.2. The highest BCUT2D eigenvalue weighted by Gasteiger charge is 2.20. The van der Waals surface area contributed by atoms with Crippen molar-refractivity contribution in [3.63, 3.8) is 0 Å². The minimum absolute atomic E-state index is 0.182. The summed E-state index contributed by atoms with van der Waals surface area (Å²) in [5, 5.41) is 3.83. The van der Waals surface area contributed by atoms with Gasteiger partial charge in [-0.1, -0.05) is 37.6 Å². The molecule has 0 saturated carbocycles. The number of nitrogens with zero attached hydrogens (tertiary/aromatic N) is 2. The van der Waals surface area contributed by atoms with Gasteiger partial charge in [0.05, 0.1) is 16.5 Å². The fourth-order valence-electron chi connectivity index (χ4n) is 4.04. The van der Waals surface area contributed by atoms with Crippen LogP contribution in [0.3, 0.4) is 0 Å². The molecule has 196 valence electrons. The molecule has 9 heteroatoms. The first kappa shape index (κ1) is 27.4. The molecule has 0 aliphatic heterocycles. The number of nitrogens with two attached hydrogens (primary N) is 1. The number of carbonyl (C=O) groups excluding carboxylic acids is 1. The van der Waals surface area contributed by atoms with E-state index in [1.807, 2.05) is 43.7 Å². The second kappa shape index (κ2) is 12.8. The van der Waals surface area contributed by atoms with Crippen LogP contribution in [-0.2, 0) is 26.9 Å². The number of thiazole rings is 1. The van der Waals surface area contributed by atoms with E-state index in [0.29, 0.717) is 17.9 Å². The smallest absolute Gasteiger partial charge is 0.306 e. The van der Waals surface area contributed by atoms with Gasteiger partial charge in [-0.15, -0.1) is 22.7 Å². The summed E-state index contributed by atoms with van der Waals surface area (Å²) < 4.78 is 20.2. The van der Waals surface area contributed by atoms with Crippen molar-refractivity contribution in [3.05, 3.63) is 53.5 Å². The molecule has 0 radical (unpaired) electrons. The number of aromatic nitrogens is 1. The number of carbonyl (C=O) groups is 1. The van der Waals surface area contributed by atoms with Crippen LogP contribution in [-0.4, -0.2) is 46.5 Å². The van der Waals surface area contributed by atoms with Crippen LogP contribution in [0.5, 0.6) is 0 Å². The van der Waals surface area contributed by atoms with Crippen LogP contribution in [0, 0.1) is 0 Å². The van der Waals surface area contributed by atoms with E-state index < -0.39 is 10.8 Å². The number of hydrogen-bond donors (Lipinski definition) is 1. The van der Waals surface area contributed by atoms with Crippen LogP contribution in [0.4, 0.5) is 5.69 Å². The summed E-state index contributed by atoms with van der Waals surface area (Å²) in [6.45, 7) is 3.20. The molecule has 4 rings (SSSR count). The molecule has 0 saturated heterocycles. The van der Waals surface area contributed by atoms with Crippen molar-refractivity contribution in [2.24, 2.45) is 0 Å². The lowest BCUT2D eigenvalue weighted by Gasteiger charge is -2.11. The fraction of sp³-hybridized carbons (Fsp3) is 0.357. The normalized spacial score (nSPS) is 12.3. The summed E-state index contributed by atoms with van der Waals surface area (Å²) >= 11 is 3.10. The molecule has 2 aromatic heterocycles. The van der Waals surface area contributed by atoms with Gasteiger partial charge in [-0.05, 0) is 62.3 Å². The molecule has 6 nitrogen and oxygen atoms in total. The van der Waals surface area contributed by atoms with Crippen LogP contribution in [0.2, 0.25) is 0 Å². The van der Waals surface area contributed by atoms with E-state index in [1.165, 1.54) is 11.3 Å². The Morgan fingerprint density at radius 1 is 1.14 bits per heavy atom. The van der Waals surface area contributed by atoms with E-state index in [9.17, 15) is 9.00 Å². The lowest BCUT2D eigenvalue weighted by atomic mass is 9.98. The van der Waals surface area contributed by atoms with Crippen molar-refractivity contribution < 1.29 is 13.7 Å². The third-order valence-electron chi connectivity index (χ3n) is 6.01. The Hall–Kier alpha value is -2.59. The highest BCUT2D eigenvalue weighted by Crippen LogP contribution is 2.44. The number of nitrogen functional groups attached to an aromatic ring is 1. The van der Waals surface area contributed by atoms with Crippen molar-refractivity contribution >= 4 is 55.2 Å². The van der Waals surface area contributed by atoms with Crippen LogP contribution in [0.15, 0.2) is 52.2 Å². The Kier molecular flexibility index (Phi) is 9.48. The zero-order chi connectivity index (χ0) is 26.4. The molecule has 0 bridgehead atoms. The SMILES string of the molecule is CCCCS(=O)c1sc2cc(-c3nccs3)cc(-c3ccc(COC(=O)CCCN(C)C)cc3)c2c1N.